The minimum Gasteiger partial charge on any atom is -0.481 e. The zero-order valence-electron chi connectivity index (χ0n) is 20.1. The maximum Gasteiger partial charge on any atom is 0.303 e. The van der Waals surface area contributed by atoms with Gasteiger partial charge in [0.1, 0.15) is 5.78 Å². The minimum absolute atomic E-state index is 0.122. The number of fused-ring (bicyclic) bond motifs is 4. The Labute approximate surface area is 188 Å². The first-order valence-corrected chi connectivity index (χ1v) is 13.0. The van der Waals surface area contributed by atoms with Gasteiger partial charge in [-0.3, -0.25) is 9.59 Å². The number of carboxylic acids is 1. The molecule has 0 aromatic heterocycles. The van der Waals surface area contributed by atoms with Crippen LogP contribution < -0.4 is 0 Å². The van der Waals surface area contributed by atoms with Crippen LogP contribution >= 0.6 is 0 Å². The maximum absolute atomic E-state index is 13.8. The molecule has 4 saturated carbocycles. The van der Waals surface area contributed by atoms with Crippen molar-refractivity contribution in [1.82, 2.24) is 0 Å². The summed E-state index contributed by atoms with van der Waals surface area (Å²) in [7, 11) is 0. The summed E-state index contributed by atoms with van der Waals surface area (Å²) in [6.45, 7) is 9.35. The van der Waals surface area contributed by atoms with Gasteiger partial charge in [-0.05, 0) is 105 Å². The molecule has 4 heteroatoms. The molecule has 4 aliphatic carbocycles. The van der Waals surface area contributed by atoms with E-state index in [1.807, 2.05) is 0 Å². The number of hydrogen-bond donors (Lipinski definition) is 2. The summed E-state index contributed by atoms with van der Waals surface area (Å²) < 4.78 is 0. The predicted molar refractivity (Wildman–Crippen MR) is 121 cm³/mol. The highest BCUT2D eigenvalue weighted by Crippen LogP contribution is 2.65. The lowest BCUT2D eigenvalue weighted by molar-refractivity contribution is -0.155. The van der Waals surface area contributed by atoms with Crippen LogP contribution in [0.1, 0.15) is 98.3 Å². The second kappa shape index (κ2) is 8.47. The molecule has 2 N–H and O–H groups in total. The number of rotatable bonds is 5. The van der Waals surface area contributed by atoms with E-state index in [0.717, 1.165) is 44.9 Å². The number of carboxylic acid groups (broad SMARTS) is 1. The van der Waals surface area contributed by atoms with E-state index >= 15 is 0 Å². The molecular formula is C27H44O4. The van der Waals surface area contributed by atoms with Crippen molar-refractivity contribution in [2.24, 2.45) is 52.3 Å². The average molecular weight is 433 g/mol. The van der Waals surface area contributed by atoms with Crippen molar-refractivity contribution < 1.29 is 19.8 Å². The molecule has 31 heavy (non-hydrogen) atoms. The Morgan fingerprint density at radius 1 is 1.06 bits per heavy atom. The fraction of sp³-hybridized carbons (Fsp3) is 0.926. The van der Waals surface area contributed by atoms with Crippen molar-refractivity contribution in [2.75, 3.05) is 0 Å². The largest absolute Gasteiger partial charge is 0.481 e. The molecule has 10 atom stereocenters. The van der Waals surface area contributed by atoms with E-state index in [2.05, 4.69) is 27.7 Å². The average Bonchev–Trinajstić information content (AvgIpc) is 2.95. The predicted octanol–water partition coefficient (Wildman–Crippen LogP) is 5.71. The SMILES string of the molecule is CC[C@H]1C(=O)C2CC3CC[C@H]([C@H](C)CCC(=O)O)[C@@]3(C)CCC2[C@@]2(C)CC[C@@H](O)CC12. The summed E-state index contributed by atoms with van der Waals surface area (Å²) in [4.78, 5) is 24.9. The summed E-state index contributed by atoms with van der Waals surface area (Å²) >= 11 is 0. The Morgan fingerprint density at radius 2 is 1.77 bits per heavy atom. The van der Waals surface area contributed by atoms with Crippen LogP contribution in [0, 0.1) is 52.3 Å². The minimum atomic E-state index is -0.687. The van der Waals surface area contributed by atoms with Gasteiger partial charge in [0.15, 0.2) is 0 Å². The van der Waals surface area contributed by atoms with Crippen LogP contribution in [0.3, 0.4) is 0 Å². The van der Waals surface area contributed by atoms with Crippen molar-refractivity contribution in [3.05, 3.63) is 0 Å². The summed E-state index contributed by atoms with van der Waals surface area (Å²) in [5, 5.41) is 19.6. The van der Waals surface area contributed by atoms with Crippen LogP contribution in [0.2, 0.25) is 0 Å². The molecule has 0 aromatic carbocycles. The fourth-order valence-corrected chi connectivity index (χ4v) is 9.24. The monoisotopic (exact) mass is 432 g/mol. The normalized spacial score (nSPS) is 48.3. The van der Waals surface area contributed by atoms with Gasteiger partial charge in [0.25, 0.3) is 0 Å². The lowest BCUT2D eigenvalue weighted by Crippen LogP contribution is -2.55. The quantitative estimate of drug-likeness (QED) is 0.583. The molecule has 4 unspecified atom stereocenters. The highest BCUT2D eigenvalue weighted by atomic mass is 16.4. The van der Waals surface area contributed by atoms with Crippen LogP contribution in [0.5, 0.6) is 0 Å². The van der Waals surface area contributed by atoms with Gasteiger partial charge in [-0.25, -0.2) is 0 Å². The molecule has 0 aliphatic heterocycles. The molecule has 4 nitrogen and oxygen atoms in total. The molecular weight excluding hydrogens is 388 g/mol. The molecule has 0 amide bonds. The number of Topliss-reactive ketones (excluding diaryl/α,β-unsaturated/α-hetero) is 1. The smallest absolute Gasteiger partial charge is 0.303 e. The number of carbonyl (C=O) groups excluding carboxylic acids is 1. The van der Waals surface area contributed by atoms with Gasteiger partial charge in [0.2, 0.25) is 0 Å². The second-order valence-electron chi connectivity index (χ2n) is 12.2. The Bertz CT molecular complexity index is 703. The van der Waals surface area contributed by atoms with Crippen molar-refractivity contribution in [3.63, 3.8) is 0 Å². The van der Waals surface area contributed by atoms with E-state index < -0.39 is 5.97 Å². The number of ketones is 1. The van der Waals surface area contributed by atoms with E-state index in [4.69, 9.17) is 5.11 Å². The van der Waals surface area contributed by atoms with Gasteiger partial charge in [0, 0.05) is 18.3 Å². The van der Waals surface area contributed by atoms with Gasteiger partial charge in [-0.2, -0.15) is 0 Å². The summed E-state index contributed by atoms with van der Waals surface area (Å²) in [5.74, 6) is 2.53. The van der Waals surface area contributed by atoms with E-state index in [-0.39, 0.29) is 35.2 Å². The Kier molecular flexibility index (Phi) is 6.35. The first-order valence-electron chi connectivity index (χ1n) is 13.0. The molecule has 176 valence electrons. The molecule has 4 aliphatic rings. The van der Waals surface area contributed by atoms with Crippen LogP contribution in [0.25, 0.3) is 0 Å². The van der Waals surface area contributed by atoms with E-state index in [1.54, 1.807) is 0 Å². The van der Waals surface area contributed by atoms with Crippen molar-refractivity contribution >= 4 is 11.8 Å². The molecule has 0 heterocycles. The van der Waals surface area contributed by atoms with Crippen molar-refractivity contribution in [1.29, 1.82) is 0 Å². The van der Waals surface area contributed by atoms with Crippen LogP contribution in [0.4, 0.5) is 0 Å². The molecule has 4 rings (SSSR count). The first kappa shape index (κ1) is 23.3. The third-order valence-corrected chi connectivity index (χ3v) is 11.0. The Morgan fingerprint density at radius 3 is 2.45 bits per heavy atom. The van der Waals surface area contributed by atoms with E-state index in [1.165, 1.54) is 19.3 Å². The van der Waals surface area contributed by atoms with E-state index in [9.17, 15) is 14.7 Å². The maximum atomic E-state index is 13.8. The third-order valence-electron chi connectivity index (χ3n) is 11.0. The number of aliphatic hydroxyl groups is 1. The first-order chi connectivity index (χ1) is 14.6. The van der Waals surface area contributed by atoms with Crippen LogP contribution in [-0.4, -0.2) is 28.1 Å². The molecule has 0 bridgehead atoms. The van der Waals surface area contributed by atoms with Crippen LogP contribution in [-0.2, 0) is 9.59 Å². The zero-order valence-corrected chi connectivity index (χ0v) is 20.1. The third kappa shape index (κ3) is 3.79. The highest BCUT2D eigenvalue weighted by Gasteiger charge is 2.60. The van der Waals surface area contributed by atoms with Crippen molar-refractivity contribution in [3.8, 4) is 0 Å². The van der Waals surface area contributed by atoms with E-state index in [0.29, 0.717) is 35.4 Å². The number of hydrogen-bond acceptors (Lipinski definition) is 3. The van der Waals surface area contributed by atoms with Gasteiger partial charge in [0.05, 0.1) is 6.10 Å². The summed E-state index contributed by atoms with van der Waals surface area (Å²) in [6, 6.07) is 0. The standard InChI is InChI=1S/C27H44O4/c1-5-19-23-15-18(28)10-12-27(23,4)22-11-13-26(3)17(14-20(22)25(19)31)7-8-21(26)16(2)6-9-24(29)30/h16-23,28H,5-15H2,1-4H3,(H,29,30)/t16-,17?,18-,19-,20?,21-,22?,23?,26+,27-/m1/s1. The highest BCUT2D eigenvalue weighted by molar-refractivity contribution is 5.85. The number of aliphatic hydroxyl groups excluding tert-OH is 1. The molecule has 0 radical (unpaired) electrons. The summed E-state index contributed by atoms with van der Waals surface area (Å²) in [6.07, 6.45) is 10.2. The Hall–Kier alpha value is -0.900. The number of carbonyl (C=O) groups is 2. The molecule has 0 spiro atoms. The Balaban J connectivity index is 1.61. The molecule has 0 aromatic rings. The van der Waals surface area contributed by atoms with Gasteiger partial charge >= 0.3 is 5.97 Å². The van der Waals surface area contributed by atoms with Gasteiger partial charge < -0.3 is 10.2 Å². The fourth-order valence-electron chi connectivity index (χ4n) is 9.24. The number of aliphatic carboxylic acids is 1. The van der Waals surface area contributed by atoms with Gasteiger partial charge in [-0.1, -0.05) is 27.7 Å². The van der Waals surface area contributed by atoms with Gasteiger partial charge in [-0.15, -0.1) is 0 Å². The van der Waals surface area contributed by atoms with Crippen molar-refractivity contribution in [2.45, 2.75) is 104 Å². The lowest BCUT2D eigenvalue weighted by Gasteiger charge is -2.57. The lowest BCUT2D eigenvalue weighted by atomic mass is 9.47. The topological polar surface area (TPSA) is 74.6 Å². The summed E-state index contributed by atoms with van der Waals surface area (Å²) in [5.41, 5.74) is 0.412. The molecule has 4 fully saturated rings. The van der Waals surface area contributed by atoms with Crippen LogP contribution in [0.15, 0.2) is 0 Å². The second-order valence-corrected chi connectivity index (χ2v) is 12.2. The zero-order chi connectivity index (χ0) is 22.6. The molecule has 0 saturated heterocycles.